The van der Waals surface area contributed by atoms with Crippen molar-refractivity contribution in [1.82, 2.24) is 18.8 Å². The Morgan fingerprint density at radius 1 is 1.21 bits per heavy atom. The van der Waals surface area contributed by atoms with E-state index in [0.29, 0.717) is 31.3 Å². The lowest BCUT2D eigenvalue weighted by atomic mass is 10.1. The number of aryl methyl sites for hydroxylation is 1. The Kier molecular flexibility index (Phi) is 6.59. The monoisotopic (exact) mass is 442 g/mol. The van der Waals surface area contributed by atoms with Crippen molar-refractivity contribution in [3.05, 3.63) is 61.9 Å². The first-order valence-electron chi connectivity index (χ1n) is 9.04. The molecule has 0 spiro atoms. The van der Waals surface area contributed by atoms with E-state index in [1.807, 2.05) is 12.1 Å². The lowest BCUT2D eigenvalue weighted by molar-refractivity contribution is 0.0172. The van der Waals surface area contributed by atoms with E-state index in [1.165, 1.54) is 14.1 Å². The van der Waals surface area contributed by atoms with E-state index < -0.39 is 26.2 Å². The Hall–Kier alpha value is -1.98. The van der Waals surface area contributed by atoms with Gasteiger partial charge in [-0.05, 0) is 17.7 Å². The first kappa shape index (κ1) is 21.7. The predicted octanol–water partition coefficient (Wildman–Crippen LogP) is 0.0892. The number of aromatic nitrogens is 2. The molecule has 1 aromatic carbocycles. The van der Waals surface area contributed by atoms with Crippen LogP contribution in [-0.2, 0) is 28.9 Å². The smallest absolute Gasteiger partial charge is 0.330 e. The molecule has 0 radical (unpaired) electrons. The van der Waals surface area contributed by atoms with Crippen LogP contribution in [0.2, 0.25) is 5.02 Å². The van der Waals surface area contributed by atoms with Crippen LogP contribution >= 0.6 is 11.6 Å². The Morgan fingerprint density at radius 3 is 2.55 bits per heavy atom. The van der Waals surface area contributed by atoms with Crippen molar-refractivity contribution in [2.45, 2.75) is 10.9 Å². The predicted molar refractivity (Wildman–Crippen MR) is 109 cm³/mol. The number of rotatable bonds is 6. The van der Waals surface area contributed by atoms with Crippen LogP contribution in [0.1, 0.15) is 11.6 Å². The van der Waals surface area contributed by atoms with Crippen molar-refractivity contribution in [2.75, 3.05) is 32.8 Å². The fraction of sp³-hybridized carbons (Fsp3) is 0.444. The lowest BCUT2D eigenvalue weighted by Crippen LogP contribution is -2.45. The Morgan fingerprint density at radius 2 is 1.90 bits per heavy atom. The lowest BCUT2D eigenvalue weighted by Gasteiger charge is -2.35. The van der Waals surface area contributed by atoms with Crippen molar-refractivity contribution in [3.63, 3.8) is 0 Å². The van der Waals surface area contributed by atoms with Gasteiger partial charge >= 0.3 is 5.69 Å². The minimum atomic E-state index is -4.14. The van der Waals surface area contributed by atoms with E-state index in [4.69, 9.17) is 16.3 Å². The van der Waals surface area contributed by atoms with Crippen LogP contribution in [0, 0.1) is 0 Å². The first-order valence-corrected chi connectivity index (χ1v) is 10.9. The van der Waals surface area contributed by atoms with E-state index in [0.717, 1.165) is 20.9 Å². The normalized spacial score (nSPS) is 16.7. The third-order valence-electron chi connectivity index (χ3n) is 4.89. The summed E-state index contributed by atoms with van der Waals surface area (Å²) in [6.07, 6.45) is 1.04. The maximum atomic E-state index is 12.8. The van der Waals surface area contributed by atoms with Gasteiger partial charge in [0.2, 0.25) is 10.0 Å². The van der Waals surface area contributed by atoms with Crippen molar-refractivity contribution in [1.29, 1.82) is 0 Å². The van der Waals surface area contributed by atoms with Gasteiger partial charge in [-0.2, -0.15) is 0 Å². The second-order valence-corrected chi connectivity index (χ2v) is 8.99. The summed E-state index contributed by atoms with van der Waals surface area (Å²) >= 11 is 6.13. The molecule has 29 heavy (non-hydrogen) atoms. The molecule has 9 nitrogen and oxygen atoms in total. The van der Waals surface area contributed by atoms with Crippen molar-refractivity contribution in [3.8, 4) is 0 Å². The second-order valence-electron chi connectivity index (χ2n) is 6.82. The fourth-order valence-corrected chi connectivity index (χ4v) is 4.68. The number of nitrogens with zero attached hydrogens (tertiary/aromatic N) is 3. The minimum Gasteiger partial charge on any atom is -0.379 e. The van der Waals surface area contributed by atoms with E-state index >= 15 is 0 Å². The number of hydrogen-bond acceptors (Lipinski definition) is 6. The molecule has 0 aliphatic carbocycles. The maximum Gasteiger partial charge on any atom is 0.330 e. The molecule has 1 fully saturated rings. The van der Waals surface area contributed by atoms with Gasteiger partial charge in [0.05, 0.1) is 13.2 Å². The number of benzene rings is 1. The quantitative estimate of drug-likeness (QED) is 0.680. The van der Waals surface area contributed by atoms with Crippen LogP contribution in [0.5, 0.6) is 0 Å². The Labute approximate surface area is 173 Å². The van der Waals surface area contributed by atoms with Crippen LogP contribution in [0.15, 0.2) is 44.9 Å². The fourth-order valence-electron chi connectivity index (χ4n) is 3.29. The summed E-state index contributed by atoms with van der Waals surface area (Å²) in [7, 11) is -1.50. The molecular weight excluding hydrogens is 420 g/mol. The molecule has 1 N–H and O–H groups in total. The third-order valence-corrected chi connectivity index (χ3v) is 6.53. The largest absolute Gasteiger partial charge is 0.379 e. The summed E-state index contributed by atoms with van der Waals surface area (Å²) in [5.74, 6) is 0. The zero-order chi connectivity index (χ0) is 21.2. The number of hydrogen-bond donors (Lipinski definition) is 1. The molecule has 0 saturated carbocycles. The standard InChI is InChI=1S/C18H23ClN4O5S/c1-21-12-16(17(24)22(2)18(21)25)29(26,27)20-11-15(23-6-8-28-9-7-23)13-4-3-5-14(19)10-13/h3-5,10,12,15,20H,6-9,11H2,1-2H3. The molecule has 1 aliphatic heterocycles. The number of nitrogens with one attached hydrogen (secondary N) is 1. The maximum absolute atomic E-state index is 12.8. The average Bonchev–Trinajstić information content (AvgIpc) is 2.70. The summed E-state index contributed by atoms with van der Waals surface area (Å²) < 4.78 is 35.4. The number of sulfonamides is 1. The van der Waals surface area contributed by atoms with Crippen LogP contribution in [0.25, 0.3) is 0 Å². The molecule has 1 aliphatic rings. The van der Waals surface area contributed by atoms with Crippen LogP contribution in [0.4, 0.5) is 0 Å². The molecule has 158 valence electrons. The number of morpholine rings is 1. The molecule has 1 atom stereocenters. The second kappa shape index (κ2) is 8.80. The van der Waals surface area contributed by atoms with Crippen molar-refractivity contribution < 1.29 is 13.2 Å². The van der Waals surface area contributed by atoms with Gasteiger partial charge in [0.25, 0.3) is 5.56 Å². The van der Waals surface area contributed by atoms with Gasteiger partial charge in [-0.15, -0.1) is 0 Å². The third kappa shape index (κ3) is 4.78. The van der Waals surface area contributed by atoms with Crippen LogP contribution in [-0.4, -0.2) is 55.3 Å². The molecule has 1 unspecified atom stereocenters. The number of ether oxygens (including phenoxy) is 1. The van der Waals surface area contributed by atoms with E-state index in [9.17, 15) is 18.0 Å². The molecule has 11 heteroatoms. The SMILES string of the molecule is Cn1cc(S(=O)(=O)NCC(c2cccc(Cl)c2)N2CCOCC2)c(=O)n(C)c1=O. The average molecular weight is 443 g/mol. The molecule has 2 heterocycles. The van der Waals surface area contributed by atoms with Crippen LogP contribution in [0.3, 0.4) is 0 Å². The summed E-state index contributed by atoms with van der Waals surface area (Å²) in [4.78, 5) is 25.8. The summed E-state index contributed by atoms with van der Waals surface area (Å²) in [6.45, 7) is 2.41. The molecule has 0 amide bonds. The van der Waals surface area contributed by atoms with Gasteiger partial charge in [-0.1, -0.05) is 23.7 Å². The number of halogens is 1. The van der Waals surface area contributed by atoms with Crippen molar-refractivity contribution in [2.24, 2.45) is 14.1 Å². The highest BCUT2D eigenvalue weighted by Crippen LogP contribution is 2.24. The van der Waals surface area contributed by atoms with Gasteiger partial charge in [-0.25, -0.2) is 17.9 Å². The summed E-state index contributed by atoms with van der Waals surface area (Å²) in [5, 5.41) is 0.551. The topological polar surface area (TPSA) is 103 Å². The molecule has 1 aromatic heterocycles. The van der Waals surface area contributed by atoms with Gasteiger partial charge in [0, 0.05) is 51.0 Å². The van der Waals surface area contributed by atoms with E-state index in [-0.39, 0.29) is 12.6 Å². The summed E-state index contributed by atoms with van der Waals surface area (Å²) in [5.41, 5.74) is -0.610. The van der Waals surface area contributed by atoms with Gasteiger partial charge in [0.1, 0.15) is 0 Å². The molecule has 2 aromatic rings. The van der Waals surface area contributed by atoms with Crippen molar-refractivity contribution >= 4 is 21.6 Å². The van der Waals surface area contributed by atoms with Crippen LogP contribution < -0.4 is 16.0 Å². The molecule has 0 bridgehead atoms. The highest BCUT2D eigenvalue weighted by Gasteiger charge is 2.27. The van der Waals surface area contributed by atoms with Gasteiger partial charge < -0.3 is 9.30 Å². The van der Waals surface area contributed by atoms with E-state index in [2.05, 4.69) is 9.62 Å². The Balaban J connectivity index is 1.91. The highest BCUT2D eigenvalue weighted by atomic mass is 35.5. The molecule has 1 saturated heterocycles. The van der Waals surface area contributed by atoms with Gasteiger partial charge in [-0.3, -0.25) is 14.3 Å². The zero-order valence-corrected chi connectivity index (χ0v) is 17.7. The molecular formula is C18H23ClN4O5S. The minimum absolute atomic E-state index is 0.0364. The Bertz CT molecular complexity index is 1110. The highest BCUT2D eigenvalue weighted by molar-refractivity contribution is 7.89. The van der Waals surface area contributed by atoms with Gasteiger partial charge in [0.15, 0.2) is 4.90 Å². The molecule has 3 rings (SSSR count). The zero-order valence-electron chi connectivity index (χ0n) is 16.2. The first-order chi connectivity index (χ1) is 13.7. The van der Waals surface area contributed by atoms with E-state index in [1.54, 1.807) is 12.1 Å². The summed E-state index contributed by atoms with van der Waals surface area (Å²) in [6, 6.07) is 6.94.